The Morgan fingerprint density at radius 3 is 2.57 bits per heavy atom. The van der Waals surface area contributed by atoms with Crippen LogP contribution in [-0.4, -0.2) is 44.9 Å². The molecule has 9 heteroatoms. The molecule has 1 N–H and O–H groups in total. The van der Waals surface area contributed by atoms with Gasteiger partial charge in [-0.25, -0.2) is 12.8 Å². The third-order valence-electron chi connectivity index (χ3n) is 4.48. The molecule has 3 rings (SSSR count). The van der Waals surface area contributed by atoms with Gasteiger partial charge in [0.2, 0.25) is 10.0 Å². The van der Waals surface area contributed by atoms with Crippen LogP contribution in [0.1, 0.15) is 22.8 Å². The Morgan fingerprint density at radius 2 is 1.93 bits per heavy atom. The predicted molar refractivity (Wildman–Crippen MR) is 105 cm³/mol. The van der Waals surface area contributed by atoms with Crippen LogP contribution < -0.4 is 5.32 Å². The van der Waals surface area contributed by atoms with E-state index in [1.54, 1.807) is 12.1 Å². The first kappa shape index (κ1) is 20.7. The van der Waals surface area contributed by atoms with Gasteiger partial charge in [-0.15, -0.1) is 0 Å². The maximum absolute atomic E-state index is 13.3. The first-order chi connectivity index (χ1) is 13.3. The Labute approximate surface area is 168 Å². The standard InChI is InChI=1S/C19H20ClFN2O4S/c1-2-13-3-4-14(19(24)22-15-5-6-17(21)16(20)12-15)11-18(13)28(25,26)23-7-9-27-10-8-23/h3-6,11-12H,2,7-10H2,1H3,(H,22,24). The van der Waals surface area contributed by atoms with Crippen molar-refractivity contribution in [2.24, 2.45) is 0 Å². The molecule has 0 aromatic heterocycles. The molecule has 0 aliphatic carbocycles. The fourth-order valence-corrected chi connectivity index (χ4v) is 4.84. The van der Waals surface area contributed by atoms with E-state index in [1.807, 2.05) is 6.92 Å². The first-order valence-corrected chi connectivity index (χ1v) is 10.6. The molecule has 1 aliphatic rings. The van der Waals surface area contributed by atoms with E-state index >= 15 is 0 Å². The highest BCUT2D eigenvalue weighted by atomic mass is 35.5. The van der Waals surface area contributed by atoms with Crippen LogP contribution in [0.2, 0.25) is 5.02 Å². The number of aryl methyl sites for hydroxylation is 1. The highest BCUT2D eigenvalue weighted by molar-refractivity contribution is 7.89. The van der Waals surface area contributed by atoms with Gasteiger partial charge in [-0.1, -0.05) is 24.6 Å². The highest BCUT2D eigenvalue weighted by Crippen LogP contribution is 2.25. The highest BCUT2D eigenvalue weighted by Gasteiger charge is 2.29. The Bertz CT molecular complexity index is 991. The van der Waals surface area contributed by atoms with Crippen molar-refractivity contribution >= 4 is 33.2 Å². The SMILES string of the molecule is CCc1ccc(C(=O)Nc2ccc(F)c(Cl)c2)cc1S(=O)(=O)N1CCOCC1. The molecule has 1 amide bonds. The Hall–Kier alpha value is -2.00. The van der Waals surface area contributed by atoms with E-state index < -0.39 is 21.7 Å². The van der Waals surface area contributed by atoms with Crippen molar-refractivity contribution in [3.8, 4) is 0 Å². The summed E-state index contributed by atoms with van der Waals surface area (Å²) < 4.78 is 46.0. The van der Waals surface area contributed by atoms with E-state index in [0.29, 0.717) is 30.9 Å². The topological polar surface area (TPSA) is 75.7 Å². The number of hydrogen-bond donors (Lipinski definition) is 1. The number of benzene rings is 2. The lowest BCUT2D eigenvalue weighted by Gasteiger charge is -2.27. The van der Waals surface area contributed by atoms with Gasteiger partial charge >= 0.3 is 0 Å². The van der Waals surface area contributed by atoms with Gasteiger partial charge in [-0.3, -0.25) is 4.79 Å². The maximum atomic E-state index is 13.3. The van der Waals surface area contributed by atoms with Crippen LogP contribution in [0.25, 0.3) is 0 Å². The third-order valence-corrected chi connectivity index (χ3v) is 6.75. The van der Waals surface area contributed by atoms with Crippen LogP contribution in [0, 0.1) is 5.82 Å². The van der Waals surface area contributed by atoms with Crippen LogP contribution in [0.4, 0.5) is 10.1 Å². The van der Waals surface area contributed by atoms with Gasteiger partial charge in [-0.2, -0.15) is 4.31 Å². The minimum atomic E-state index is -3.74. The lowest BCUT2D eigenvalue weighted by Crippen LogP contribution is -2.41. The van der Waals surface area contributed by atoms with E-state index in [0.717, 1.165) is 6.07 Å². The largest absolute Gasteiger partial charge is 0.379 e. The molecule has 0 spiro atoms. The Morgan fingerprint density at radius 1 is 1.21 bits per heavy atom. The summed E-state index contributed by atoms with van der Waals surface area (Å²) >= 11 is 5.73. The molecule has 1 fully saturated rings. The van der Waals surface area contributed by atoms with Crippen molar-refractivity contribution in [1.82, 2.24) is 4.31 Å². The lowest BCUT2D eigenvalue weighted by atomic mass is 10.1. The maximum Gasteiger partial charge on any atom is 0.255 e. The summed E-state index contributed by atoms with van der Waals surface area (Å²) in [5.74, 6) is -1.10. The van der Waals surface area contributed by atoms with Crippen molar-refractivity contribution in [3.63, 3.8) is 0 Å². The van der Waals surface area contributed by atoms with Crippen molar-refractivity contribution in [3.05, 3.63) is 58.4 Å². The third kappa shape index (κ3) is 4.35. The summed E-state index contributed by atoms with van der Waals surface area (Å²) in [6, 6.07) is 8.40. The molecule has 0 atom stereocenters. The summed E-state index contributed by atoms with van der Waals surface area (Å²) in [7, 11) is -3.74. The normalized spacial score (nSPS) is 15.4. The number of nitrogens with one attached hydrogen (secondary N) is 1. The van der Waals surface area contributed by atoms with Crippen LogP contribution in [0.5, 0.6) is 0 Å². The number of morpholine rings is 1. The number of carbonyl (C=O) groups is 1. The molecule has 0 radical (unpaired) electrons. The van der Waals surface area contributed by atoms with Crippen LogP contribution >= 0.6 is 11.6 Å². The fourth-order valence-electron chi connectivity index (χ4n) is 2.93. The summed E-state index contributed by atoms with van der Waals surface area (Å²) in [5, 5.41) is 2.49. The minimum absolute atomic E-state index is 0.113. The molecule has 0 bridgehead atoms. The van der Waals surface area contributed by atoms with Crippen molar-refractivity contribution in [1.29, 1.82) is 0 Å². The van der Waals surface area contributed by atoms with E-state index in [2.05, 4.69) is 5.32 Å². The average molecular weight is 427 g/mol. The predicted octanol–water partition coefficient (Wildman–Crippen LogP) is 3.31. The number of sulfonamides is 1. The minimum Gasteiger partial charge on any atom is -0.379 e. The molecular weight excluding hydrogens is 407 g/mol. The van der Waals surface area contributed by atoms with E-state index in [9.17, 15) is 17.6 Å². The Balaban J connectivity index is 1.91. The summed E-state index contributed by atoms with van der Waals surface area (Å²) in [5.41, 5.74) is 1.13. The second-order valence-electron chi connectivity index (χ2n) is 6.28. The average Bonchev–Trinajstić information content (AvgIpc) is 2.71. The van der Waals surface area contributed by atoms with Gasteiger partial charge in [0.1, 0.15) is 5.82 Å². The van der Waals surface area contributed by atoms with E-state index in [1.165, 1.54) is 22.5 Å². The first-order valence-electron chi connectivity index (χ1n) is 8.80. The van der Waals surface area contributed by atoms with Crippen molar-refractivity contribution in [2.45, 2.75) is 18.2 Å². The lowest BCUT2D eigenvalue weighted by molar-refractivity contribution is 0.0730. The molecule has 0 unspecified atom stereocenters. The van der Waals surface area contributed by atoms with Gasteiger partial charge in [0.15, 0.2) is 0 Å². The number of amides is 1. The van der Waals surface area contributed by atoms with Gasteiger partial charge in [0.25, 0.3) is 5.91 Å². The molecule has 6 nitrogen and oxygen atoms in total. The molecule has 0 saturated carbocycles. The molecule has 1 saturated heterocycles. The summed E-state index contributed by atoms with van der Waals surface area (Å²) in [6.07, 6.45) is 0.508. The summed E-state index contributed by atoms with van der Waals surface area (Å²) in [4.78, 5) is 12.7. The smallest absolute Gasteiger partial charge is 0.255 e. The van der Waals surface area contributed by atoms with Gasteiger partial charge in [0, 0.05) is 24.3 Å². The van der Waals surface area contributed by atoms with Gasteiger partial charge in [0.05, 0.1) is 23.1 Å². The van der Waals surface area contributed by atoms with Crippen LogP contribution in [0.15, 0.2) is 41.3 Å². The molecule has 1 heterocycles. The van der Waals surface area contributed by atoms with Crippen molar-refractivity contribution < 1.29 is 22.3 Å². The second-order valence-corrected chi connectivity index (χ2v) is 8.59. The number of halogens is 2. The zero-order valence-corrected chi connectivity index (χ0v) is 16.8. The molecule has 1 aliphatic heterocycles. The quantitative estimate of drug-likeness (QED) is 0.795. The number of rotatable bonds is 5. The van der Waals surface area contributed by atoms with E-state index in [-0.39, 0.29) is 28.6 Å². The number of carbonyl (C=O) groups excluding carboxylic acids is 1. The fraction of sp³-hybridized carbons (Fsp3) is 0.316. The van der Waals surface area contributed by atoms with Crippen LogP contribution in [-0.2, 0) is 21.2 Å². The van der Waals surface area contributed by atoms with Crippen molar-refractivity contribution in [2.75, 3.05) is 31.6 Å². The Kier molecular flexibility index (Phi) is 6.34. The van der Waals surface area contributed by atoms with Gasteiger partial charge < -0.3 is 10.1 Å². The monoisotopic (exact) mass is 426 g/mol. The molecular formula is C19H20ClFN2O4S. The van der Waals surface area contributed by atoms with Crippen LogP contribution in [0.3, 0.4) is 0 Å². The number of nitrogens with zero attached hydrogens (tertiary/aromatic N) is 1. The summed E-state index contributed by atoms with van der Waals surface area (Å²) in [6.45, 7) is 3.08. The number of ether oxygens (including phenoxy) is 1. The number of anilines is 1. The molecule has 2 aromatic carbocycles. The number of hydrogen-bond acceptors (Lipinski definition) is 4. The van der Waals surface area contributed by atoms with E-state index in [4.69, 9.17) is 16.3 Å². The molecule has 28 heavy (non-hydrogen) atoms. The molecule has 150 valence electrons. The second kappa shape index (κ2) is 8.57. The zero-order valence-electron chi connectivity index (χ0n) is 15.2. The van der Waals surface area contributed by atoms with Gasteiger partial charge in [-0.05, 0) is 42.3 Å². The zero-order chi connectivity index (χ0) is 20.3. The molecule has 2 aromatic rings.